The average Bonchev–Trinajstić information content (AvgIpc) is 3.24. The summed E-state index contributed by atoms with van der Waals surface area (Å²) in [6.07, 6.45) is -2.58. The first-order valence-electron chi connectivity index (χ1n) is 12.4. The number of carbonyl (C=O) groups excluding carboxylic acids is 1. The lowest BCUT2D eigenvalue weighted by Gasteiger charge is -2.27. The van der Waals surface area contributed by atoms with Gasteiger partial charge in [-0.25, -0.2) is 8.42 Å². The van der Waals surface area contributed by atoms with Crippen molar-refractivity contribution in [2.24, 2.45) is 5.92 Å². The monoisotopic (exact) mass is 545 g/mol. The fourth-order valence-electron chi connectivity index (χ4n) is 4.77. The molecule has 0 spiro atoms. The number of hydrogen-bond acceptors (Lipinski definition) is 5. The minimum absolute atomic E-state index is 0.0346. The van der Waals surface area contributed by atoms with Gasteiger partial charge in [0.1, 0.15) is 0 Å². The van der Waals surface area contributed by atoms with Gasteiger partial charge in [-0.15, -0.1) is 0 Å². The van der Waals surface area contributed by atoms with Crippen LogP contribution < -0.4 is 5.32 Å². The summed E-state index contributed by atoms with van der Waals surface area (Å²) < 4.78 is 63.6. The van der Waals surface area contributed by atoms with E-state index < -0.39 is 21.6 Å². The van der Waals surface area contributed by atoms with Crippen molar-refractivity contribution in [2.45, 2.75) is 50.5 Å². The Hall–Kier alpha value is -3.24. The van der Waals surface area contributed by atoms with Gasteiger partial charge in [-0.3, -0.25) is 14.7 Å². The largest absolute Gasteiger partial charge is 0.416 e. The Morgan fingerprint density at radius 2 is 1.79 bits per heavy atom. The van der Waals surface area contributed by atoms with E-state index in [-0.39, 0.29) is 41.5 Å². The maximum absolute atomic E-state index is 12.9. The summed E-state index contributed by atoms with van der Waals surface area (Å²) in [5, 5.41) is 2.77. The van der Waals surface area contributed by atoms with Gasteiger partial charge in [0.15, 0.2) is 9.84 Å². The molecule has 0 aliphatic carbocycles. The summed E-state index contributed by atoms with van der Waals surface area (Å²) in [5.74, 6) is -0.210. The van der Waals surface area contributed by atoms with Crippen LogP contribution in [0.5, 0.6) is 0 Å². The molecule has 1 amide bonds. The number of nitrogens with one attached hydrogen (secondary N) is 1. The third-order valence-corrected chi connectivity index (χ3v) is 8.40. The first-order chi connectivity index (χ1) is 18.0. The number of rotatable bonds is 9. The van der Waals surface area contributed by atoms with Crippen LogP contribution in [0.4, 0.5) is 13.2 Å². The molecule has 0 radical (unpaired) electrons. The van der Waals surface area contributed by atoms with Gasteiger partial charge in [0.2, 0.25) is 0 Å². The summed E-state index contributed by atoms with van der Waals surface area (Å²) in [5.41, 5.74) is 2.22. The number of carbonyl (C=O) groups is 1. The SMILES string of the molecule is CC(C)C1c2ncc(C(=O)NCCCS(=O)(=O)c3ccccc3)cc2CN1Cc1ccc(C(F)(F)F)cc1. The molecule has 1 unspecified atom stereocenters. The molecule has 1 aliphatic heterocycles. The van der Waals surface area contributed by atoms with Crippen molar-refractivity contribution in [3.05, 3.63) is 94.8 Å². The minimum atomic E-state index is -4.38. The second-order valence-electron chi connectivity index (χ2n) is 9.80. The Labute approximate surface area is 220 Å². The van der Waals surface area contributed by atoms with Crippen LogP contribution in [0.3, 0.4) is 0 Å². The molecule has 2 aromatic carbocycles. The second-order valence-corrected chi connectivity index (χ2v) is 11.9. The van der Waals surface area contributed by atoms with Gasteiger partial charge in [-0.2, -0.15) is 13.2 Å². The van der Waals surface area contributed by atoms with Crippen LogP contribution in [0.25, 0.3) is 0 Å². The lowest BCUT2D eigenvalue weighted by molar-refractivity contribution is -0.137. The lowest BCUT2D eigenvalue weighted by Crippen LogP contribution is -2.26. The Morgan fingerprint density at radius 1 is 1.11 bits per heavy atom. The van der Waals surface area contributed by atoms with Crippen LogP contribution in [-0.4, -0.2) is 36.5 Å². The van der Waals surface area contributed by atoms with Crippen molar-refractivity contribution in [3.8, 4) is 0 Å². The van der Waals surface area contributed by atoms with E-state index in [0.717, 1.165) is 29.0 Å². The molecule has 0 bridgehead atoms. The van der Waals surface area contributed by atoms with Crippen molar-refractivity contribution in [1.82, 2.24) is 15.2 Å². The predicted molar refractivity (Wildman–Crippen MR) is 138 cm³/mol. The molecule has 10 heteroatoms. The van der Waals surface area contributed by atoms with E-state index in [1.807, 2.05) is 0 Å². The molecule has 1 aliphatic rings. The number of fused-ring (bicyclic) bond motifs is 1. The molecule has 1 atom stereocenters. The summed E-state index contributed by atoms with van der Waals surface area (Å²) in [4.78, 5) is 19.7. The Balaban J connectivity index is 1.38. The van der Waals surface area contributed by atoms with E-state index in [4.69, 9.17) is 0 Å². The molecule has 38 heavy (non-hydrogen) atoms. The number of halogens is 3. The van der Waals surface area contributed by atoms with E-state index in [0.29, 0.717) is 18.7 Å². The van der Waals surface area contributed by atoms with Crippen LogP contribution in [-0.2, 0) is 29.1 Å². The number of benzene rings is 2. The molecule has 0 saturated heterocycles. The molecule has 4 rings (SSSR count). The van der Waals surface area contributed by atoms with Gasteiger partial charge >= 0.3 is 6.18 Å². The Kier molecular flexibility index (Phi) is 8.22. The van der Waals surface area contributed by atoms with Gasteiger partial charge < -0.3 is 5.32 Å². The zero-order chi connectivity index (χ0) is 27.5. The van der Waals surface area contributed by atoms with Gasteiger partial charge in [-0.1, -0.05) is 44.2 Å². The fourth-order valence-corrected chi connectivity index (χ4v) is 6.10. The highest BCUT2D eigenvalue weighted by Gasteiger charge is 2.35. The number of aromatic nitrogens is 1. The number of amides is 1. The number of nitrogens with zero attached hydrogens (tertiary/aromatic N) is 2. The van der Waals surface area contributed by atoms with Gasteiger partial charge in [-0.05, 0) is 53.8 Å². The summed E-state index contributed by atoms with van der Waals surface area (Å²) in [7, 11) is -3.41. The van der Waals surface area contributed by atoms with Crippen molar-refractivity contribution in [2.75, 3.05) is 12.3 Å². The van der Waals surface area contributed by atoms with Crippen molar-refractivity contribution >= 4 is 15.7 Å². The first kappa shape index (κ1) is 27.8. The van der Waals surface area contributed by atoms with Crippen LogP contribution in [0.1, 0.15) is 59.1 Å². The highest BCUT2D eigenvalue weighted by atomic mass is 32.2. The molecule has 1 N–H and O–H groups in total. The third-order valence-electron chi connectivity index (χ3n) is 6.59. The second kappa shape index (κ2) is 11.2. The maximum atomic E-state index is 12.9. The van der Waals surface area contributed by atoms with Gasteiger partial charge in [0, 0.05) is 25.8 Å². The zero-order valence-electron chi connectivity index (χ0n) is 21.2. The molecule has 0 fully saturated rings. The molecule has 2 heterocycles. The fraction of sp³-hybridized carbons (Fsp3) is 0.357. The maximum Gasteiger partial charge on any atom is 0.416 e. The molecule has 3 aromatic rings. The van der Waals surface area contributed by atoms with Crippen LogP contribution in [0, 0.1) is 5.92 Å². The first-order valence-corrected chi connectivity index (χ1v) is 14.1. The van der Waals surface area contributed by atoms with Crippen molar-refractivity contribution < 1.29 is 26.4 Å². The molecular weight excluding hydrogens is 515 g/mol. The normalized spacial score (nSPS) is 16.0. The topological polar surface area (TPSA) is 79.4 Å². The number of pyridine rings is 1. The van der Waals surface area contributed by atoms with Gasteiger partial charge in [0.25, 0.3) is 5.91 Å². The number of alkyl halides is 3. The molecule has 0 saturated carbocycles. The van der Waals surface area contributed by atoms with Crippen LogP contribution in [0.15, 0.2) is 71.8 Å². The third kappa shape index (κ3) is 6.42. The Morgan fingerprint density at radius 3 is 2.42 bits per heavy atom. The molecule has 202 valence electrons. The van der Waals surface area contributed by atoms with Crippen molar-refractivity contribution in [3.63, 3.8) is 0 Å². The number of hydrogen-bond donors (Lipinski definition) is 1. The highest BCUT2D eigenvalue weighted by molar-refractivity contribution is 7.91. The summed E-state index contributed by atoms with van der Waals surface area (Å²) in [6.45, 7) is 5.30. The van der Waals surface area contributed by atoms with Crippen LogP contribution in [0.2, 0.25) is 0 Å². The predicted octanol–water partition coefficient (Wildman–Crippen LogP) is 5.41. The standard InChI is InChI=1S/C28H30F3N3O3S/c1-19(2)26-25-22(18-34(26)17-20-9-11-23(12-10-20)28(29,30)31)15-21(16-33-25)27(35)32-13-6-14-38(36,37)24-7-4-3-5-8-24/h3-5,7-12,15-16,19,26H,6,13-14,17-18H2,1-2H3,(H,32,35). The molecule has 1 aromatic heterocycles. The van der Waals surface area contributed by atoms with E-state index in [2.05, 4.69) is 29.0 Å². The van der Waals surface area contributed by atoms with Crippen molar-refractivity contribution in [1.29, 1.82) is 0 Å². The lowest BCUT2D eigenvalue weighted by atomic mass is 9.99. The van der Waals surface area contributed by atoms with Gasteiger partial charge in [0.05, 0.1) is 33.5 Å². The smallest absolute Gasteiger partial charge is 0.352 e. The average molecular weight is 546 g/mol. The van der Waals surface area contributed by atoms with E-state index >= 15 is 0 Å². The quantitative estimate of drug-likeness (QED) is 0.364. The number of sulfone groups is 1. The zero-order valence-corrected chi connectivity index (χ0v) is 22.0. The molecular formula is C28H30F3N3O3S. The highest BCUT2D eigenvalue weighted by Crippen LogP contribution is 2.39. The van der Waals surface area contributed by atoms with E-state index in [1.165, 1.54) is 18.3 Å². The Bertz CT molecular complexity index is 1380. The van der Waals surface area contributed by atoms with E-state index in [1.54, 1.807) is 36.4 Å². The summed E-state index contributed by atoms with van der Waals surface area (Å²) in [6, 6.07) is 15.1. The summed E-state index contributed by atoms with van der Waals surface area (Å²) >= 11 is 0. The van der Waals surface area contributed by atoms with Crippen LogP contribution >= 0.6 is 0 Å². The van der Waals surface area contributed by atoms with E-state index in [9.17, 15) is 26.4 Å². The minimum Gasteiger partial charge on any atom is -0.352 e. The molecule has 6 nitrogen and oxygen atoms in total.